The van der Waals surface area contributed by atoms with Crippen molar-refractivity contribution in [3.63, 3.8) is 0 Å². The largest absolute Gasteiger partial charge is 0.451 e. The third kappa shape index (κ3) is 2.89. The molecule has 0 aromatic heterocycles. The average molecular weight is 380 g/mol. The molecule has 4 rings (SSSR count). The maximum absolute atomic E-state index is 13.0. The second kappa shape index (κ2) is 5.45. The molecule has 25 heavy (non-hydrogen) atoms. The van der Waals surface area contributed by atoms with Crippen LogP contribution in [-0.4, -0.2) is 37.0 Å². The van der Waals surface area contributed by atoms with Gasteiger partial charge in [-0.1, -0.05) is 12.2 Å². The van der Waals surface area contributed by atoms with Gasteiger partial charge in [-0.2, -0.15) is 21.6 Å². The van der Waals surface area contributed by atoms with E-state index in [4.69, 9.17) is 4.55 Å². The molecule has 5 nitrogen and oxygen atoms in total. The van der Waals surface area contributed by atoms with Gasteiger partial charge in [0.25, 0.3) is 10.1 Å². The van der Waals surface area contributed by atoms with Crippen molar-refractivity contribution in [3.05, 3.63) is 12.2 Å². The van der Waals surface area contributed by atoms with Crippen LogP contribution in [0.15, 0.2) is 12.2 Å². The Bertz CT molecular complexity index is 716. The molecule has 3 saturated carbocycles. The van der Waals surface area contributed by atoms with Crippen LogP contribution in [0, 0.1) is 41.4 Å². The predicted octanol–water partition coefficient (Wildman–Crippen LogP) is 2.44. The minimum Gasteiger partial charge on any atom is -0.451 e. The number of halogens is 3. The van der Waals surface area contributed by atoms with E-state index in [1.54, 1.807) is 0 Å². The zero-order valence-electron chi connectivity index (χ0n) is 13.2. The molecule has 1 N–H and O–H groups in total. The molecular formula is C16H19F3O5S. The molecule has 0 aromatic rings. The monoisotopic (exact) mass is 380 g/mol. The summed E-state index contributed by atoms with van der Waals surface area (Å²) in [5, 5.41) is 0. The number of allylic oxidation sites excluding steroid dienone is 2. The summed E-state index contributed by atoms with van der Waals surface area (Å²) in [4.78, 5) is 12.4. The Morgan fingerprint density at radius 1 is 1.16 bits per heavy atom. The fraction of sp³-hybridized carbons (Fsp3) is 0.812. The molecule has 8 atom stereocenters. The maximum atomic E-state index is 13.0. The number of fused-ring (bicyclic) bond motifs is 9. The second-order valence-electron chi connectivity index (χ2n) is 7.82. The van der Waals surface area contributed by atoms with Gasteiger partial charge in [-0.05, 0) is 54.8 Å². The highest BCUT2D eigenvalue weighted by atomic mass is 32.2. The van der Waals surface area contributed by atoms with Crippen LogP contribution in [-0.2, 0) is 19.6 Å². The van der Waals surface area contributed by atoms with E-state index in [1.807, 2.05) is 0 Å². The molecule has 0 aromatic carbocycles. The highest BCUT2D eigenvalue weighted by Crippen LogP contribution is 2.67. The Labute approximate surface area is 143 Å². The molecule has 3 fully saturated rings. The van der Waals surface area contributed by atoms with Crippen molar-refractivity contribution in [1.29, 1.82) is 0 Å². The Kier molecular flexibility index (Phi) is 3.78. The lowest BCUT2D eigenvalue weighted by molar-refractivity contribution is -0.218. The SMILES string of the molecule is O=C(OC(CS(=O)(=O)O)C(F)(F)F)C1CC2CC1C1C3C=CC(C3)C21. The summed E-state index contributed by atoms with van der Waals surface area (Å²) in [6.45, 7) is 0. The van der Waals surface area contributed by atoms with E-state index < -0.39 is 40.0 Å². The third-order valence-corrected chi connectivity index (χ3v) is 7.28. The highest BCUT2D eigenvalue weighted by Gasteiger charge is 2.63. The first kappa shape index (κ1) is 17.3. The molecular weight excluding hydrogens is 361 g/mol. The quantitative estimate of drug-likeness (QED) is 0.351. The molecule has 4 aliphatic rings. The van der Waals surface area contributed by atoms with Crippen LogP contribution in [0.2, 0.25) is 0 Å². The van der Waals surface area contributed by atoms with E-state index in [1.165, 1.54) is 0 Å². The van der Waals surface area contributed by atoms with Crippen LogP contribution >= 0.6 is 0 Å². The topological polar surface area (TPSA) is 80.7 Å². The van der Waals surface area contributed by atoms with Gasteiger partial charge in [0.15, 0.2) is 0 Å². The van der Waals surface area contributed by atoms with Gasteiger partial charge in [-0.15, -0.1) is 0 Å². The minimum atomic E-state index is -5.04. The van der Waals surface area contributed by atoms with Crippen molar-refractivity contribution in [2.75, 3.05) is 5.75 Å². The molecule has 0 saturated heterocycles. The number of hydrogen-bond acceptors (Lipinski definition) is 4. The summed E-state index contributed by atoms with van der Waals surface area (Å²) in [6, 6.07) is 0. The van der Waals surface area contributed by atoms with E-state index in [2.05, 4.69) is 16.9 Å². The van der Waals surface area contributed by atoms with E-state index in [9.17, 15) is 26.4 Å². The fourth-order valence-corrected chi connectivity index (χ4v) is 6.54. The summed E-state index contributed by atoms with van der Waals surface area (Å²) < 4.78 is 73.7. The van der Waals surface area contributed by atoms with Gasteiger partial charge < -0.3 is 4.74 Å². The van der Waals surface area contributed by atoms with E-state index in [-0.39, 0.29) is 5.92 Å². The Morgan fingerprint density at radius 3 is 2.40 bits per heavy atom. The molecule has 140 valence electrons. The number of esters is 1. The molecule has 8 unspecified atom stereocenters. The number of alkyl halides is 3. The first-order valence-electron chi connectivity index (χ1n) is 8.45. The van der Waals surface area contributed by atoms with Crippen LogP contribution in [0.25, 0.3) is 0 Å². The molecule has 0 amide bonds. The zero-order valence-corrected chi connectivity index (χ0v) is 14.0. The summed E-state index contributed by atoms with van der Waals surface area (Å²) in [5.74, 6) is -1.11. The first-order chi connectivity index (χ1) is 11.5. The number of hydrogen-bond donors (Lipinski definition) is 1. The lowest BCUT2D eigenvalue weighted by Crippen LogP contribution is -2.43. The van der Waals surface area contributed by atoms with Crippen LogP contribution in [0.5, 0.6) is 0 Å². The summed E-state index contributed by atoms with van der Waals surface area (Å²) in [7, 11) is -4.91. The van der Waals surface area contributed by atoms with Gasteiger partial charge in [-0.25, -0.2) is 0 Å². The summed E-state index contributed by atoms with van der Waals surface area (Å²) >= 11 is 0. The standard InChI is InChI=1S/C16H19F3O5S/c17-16(18,19)12(6-25(21,22)23)24-15(20)11-5-9-4-10(11)14-8-2-1-7(3-8)13(9)14/h1-2,7-14H,3-6H2,(H,21,22,23). The number of rotatable bonds is 4. The van der Waals surface area contributed by atoms with Crippen LogP contribution in [0.4, 0.5) is 13.2 Å². The normalized spacial score (nSPS) is 42.6. The lowest BCUT2D eigenvalue weighted by atomic mass is 9.69. The molecule has 4 aliphatic carbocycles. The number of carbonyl (C=O) groups is 1. The Morgan fingerprint density at radius 2 is 1.80 bits per heavy atom. The van der Waals surface area contributed by atoms with Gasteiger partial charge in [0.05, 0.1) is 5.92 Å². The van der Waals surface area contributed by atoms with Crippen molar-refractivity contribution in [2.24, 2.45) is 41.4 Å². The van der Waals surface area contributed by atoms with Gasteiger partial charge >= 0.3 is 12.1 Å². The van der Waals surface area contributed by atoms with Crippen molar-refractivity contribution in [1.82, 2.24) is 0 Å². The minimum absolute atomic E-state index is 0.0158. The molecule has 0 heterocycles. The van der Waals surface area contributed by atoms with E-state index in [0.717, 1.165) is 12.8 Å². The summed E-state index contributed by atoms with van der Waals surface area (Å²) in [5.41, 5.74) is 0. The Hall–Kier alpha value is -1.09. The van der Waals surface area contributed by atoms with Gasteiger partial charge in [-0.3, -0.25) is 9.35 Å². The highest BCUT2D eigenvalue weighted by molar-refractivity contribution is 7.85. The van der Waals surface area contributed by atoms with Crippen molar-refractivity contribution < 1.29 is 35.7 Å². The lowest BCUT2D eigenvalue weighted by Gasteiger charge is -2.36. The smallest absolute Gasteiger partial charge is 0.426 e. The second-order valence-corrected chi connectivity index (χ2v) is 9.32. The maximum Gasteiger partial charge on any atom is 0.426 e. The van der Waals surface area contributed by atoms with Crippen LogP contribution in [0.3, 0.4) is 0 Å². The molecule has 0 radical (unpaired) electrons. The molecule has 9 heteroatoms. The zero-order chi connectivity index (χ0) is 18.1. The Balaban J connectivity index is 1.48. The fourth-order valence-electron chi connectivity index (χ4n) is 5.90. The van der Waals surface area contributed by atoms with Crippen LogP contribution < -0.4 is 0 Å². The summed E-state index contributed by atoms with van der Waals surface area (Å²) in [6.07, 6.45) is -1.07. The van der Waals surface area contributed by atoms with E-state index >= 15 is 0 Å². The van der Waals surface area contributed by atoms with Gasteiger partial charge in [0.1, 0.15) is 5.75 Å². The van der Waals surface area contributed by atoms with Crippen molar-refractivity contribution in [2.45, 2.75) is 31.5 Å². The number of carbonyl (C=O) groups excluding carboxylic acids is 1. The molecule has 4 bridgehead atoms. The van der Waals surface area contributed by atoms with Crippen molar-refractivity contribution >= 4 is 16.1 Å². The number of ether oxygens (including phenoxy) is 1. The van der Waals surface area contributed by atoms with Crippen LogP contribution in [0.1, 0.15) is 19.3 Å². The first-order valence-corrected chi connectivity index (χ1v) is 10.1. The van der Waals surface area contributed by atoms with Crippen molar-refractivity contribution in [3.8, 4) is 0 Å². The predicted molar refractivity (Wildman–Crippen MR) is 79.8 cm³/mol. The third-order valence-electron chi connectivity index (χ3n) is 6.56. The van der Waals surface area contributed by atoms with Gasteiger partial charge in [0, 0.05) is 0 Å². The molecule has 0 spiro atoms. The molecule has 0 aliphatic heterocycles. The average Bonchev–Trinajstić information content (AvgIpc) is 3.22. The van der Waals surface area contributed by atoms with Gasteiger partial charge in [0.2, 0.25) is 6.10 Å². The van der Waals surface area contributed by atoms with E-state index in [0.29, 0.717) is 36.0 Å².